The summed E-state index contributed by atoms with van der Waals surface area (Å²) in [6.07, 6.45) is 1.69. The summed E-state index contributed by atoms with van der Waals surface area (Å²) in [6, 6.07) is 3.25. The predicted octanol–water partition coefficient (Wildman–Crippen LogP) is 1.34. The number of fused-ring (bicyclic) bond motifs is 1. The van der Waals surface area contributed by atoms with Gasteiger partial charge in [0.05, 0.1) is 16.8 Å². The molecule has 0 saturated carbocycles. The van der Waals surface area contributed by atoms with Gasteiger partial charge >= 0.3 is 0 Å². The van der Waals surface area contributed by atoms with Gasteiger partial charge < -0.3 is 15.4 Å². The highest BCUT2D eigenvalue weighted by Crippen LogP contribution is 2.24. The Balaban J connectivity index is 2.00. The van der Waals surface area contributed by atoms with Crippen LogP contribution in [-0.2, 0) is 0 Å². The lowest BCUT2D eigenvalue weighted by molar-refractivity contribution is 0.237. The van der Waals surface area contributed by atoms with Gasteiger partial charge in [-0.2, -0.15) is 4.98 Å². The molecule has 3 rings (SSSR count). The summed E-state index contributed by atoms with van der Waals surface area (Å²) in [4.78, 5) is 8.44. The fourth-order valence-electron chi connectivity index (χ4n) is 1.55. The van der Waals surface area contributed by atoms with Crippen LogP contribution in [0.5, 0.6) is 0 Å². The Labute approximate surface area is 106 Å². The first-order valence-electron chi connectivity index (χ1n) is 5.31. The van der Waals surface area contributed by atoms with Gasteiger partial charge in [-0.05, 0) is 17.5 Å². The van der Waals surface area contributed by atoms with E-state index in [0.29, 0.717) is 5.82 Å². The molecule has 0 amide bonds. The monoisotopic (exact) mass is 262 g/mol. The average molecular weight is 262 g/mol. The molecule has 0 fully saturated rings. The second-order valence-corrected chi connectivity index (χ2v) is 4.72. The minimum atomic E-state index is -0.648. The third-order valence-corrected chi connectivity index (χ3v) is 3.37. The second kappa shape index (κ2) is 4.45. The number of hydrogen-bond acceptors (Lipinski definition) is 7. The number of nitrogens with two attached hydrogens (primary N) is 1. The highest BCUT2D eigenvalue weighted by molar-refractivity contribution is 7.17. The van der Waals surface area contributed by atoms with Gasteiger partial charge in [-0.3, -0.25) is 4.98 Å². The van der Waals surface area contributed by atoms with Crippen molar-refractivity contribution in [2.24, 2.45) is 5.73 Å². The molecule has 3 aromatic heterocycles. The minimum absolute atomic E-state index is 0.221. The first kappa shape index (κ1) is 11.3. The summed E-state index contributed by atoms with van der Waals surface area (Å²) < 4.78 is 6.06. The van der Waals surface area contributed by atoms with E-state index in [1.807, 2.05) is 17.5 Å². The van der Waals surface area contributed by atoms with Crippen LogP contribution in [0, 0.1) is 0 Å². The van der Waals surface area contributed by atoms with Crippen LogP contribution in [0.4, 0.5) is 0 Å². The third kappa shape index (κ3) is 1.88. The maximum absolute atomic E-state index is 8.92. The summed E-state index contributed by atoms with van der Waals surface area (Å²) >= 11 is 1.60. The van der Waals surface area contributed by atoms with Gasteiger partial charge in [0.2, 0.25) is 11.7 Å². The maximum Gasteiger partial charge on any atom is 0.246 e. The van der Waals surface area contributed by atoms with E-state index in [2.05, 4.69) is 15.1 Å². The Kier molecular flexibility index (Phi) is 2.78. The summed E-state index contributed by atoms with van der Waals surface area (Å²) in [5.41, 5.74) is 7.31. The number of aliphatic hydroxyl groups excluding tert-OH is 1. The van der Waals surface area contributed by atoms with Crippen LogP contribution in [0.3, 0.4) is 0 Å². The number of nitrogens with zero attached hydrogens (tertiary/aromatic N) is 3. The fourth-order valence-corrected chi connectivity index (χ4v) is 2.33. The van der Waals surface area contributed by atoms with E-state index >= 15 is 0 Å². The molecule has 18 heavy (non-hydrogen) atoms. The molecule has 1 atom stereocenters. The van der Waals surface area contributed by atoms with Crippen molar-refractivity contribution in [1.82, 2.24) is 15.1 Å². The van der Waals surface area contributed by atoms with Crippen molar-refractivity contribution in [3.63, 3.8) is 0 Å². The van der Waals surface area contributed by atoms with Crippen LogP contribution in [0.15, 0.2) is 28.2 Å². The summed E-state index contributed by atoms with van der Waals surface area (Å²) in [7, 11) is 0. The zero-order valence-corrected chi connectivity index (χ0v) is 10.1. The first-order chi connectivity index (χ1) is 8.78. The van der Waals surface area contributed by atoms with E-state index in [0.717, 1.165) is 15.8 Å². The topological polar surface area (TPSA) is 98.1 Å². The van der Waals surface area contributed by atoms with Crippen molar-refractivity contribution in [2.75, 3.05) is 6.61 Å². The van der Waals surface area contributed by atoms with Crippen LogP contribution in [0.1, 0.15) is 11.9 Å². The normalized spacial score (nSPS) is 13.0. The van der Waals surface area contributed by atoms with E-state index in [-0.39, 0.29) is 12.5 Å². The molecule has 0 aliphatic heterocycles. The van der Waals surface area contributed by atoms with Gasteiger partial charge in [0.1, 0.15) is 6.04 Å². The van der Waals surface area contributed by atoms with Gasteiger partial charge in [-0.25, -0.2) is 0 Å². The molecule has 0 bridgehead atoms. The molecule has 0 aromatic carbocycles. The molecule has 6 nitrogen and oxygen atoms in total. The number of aromatic nitrogens is 3. The molecule has 0 spiro atoms. The summed E-state index contributed by atoms with van der Waals surface area (Å²) in [5.74, 6) is 0.649. The second-order valence-electron chi connectivity index (χ2n) is 3.77. The van der Waals surface area contributed by atoms with Crippen molar-refractivity contribution in [2.45, 2.75) is 6.04 Å². The van der Waals surface area contributed by atoms with Crippen LogP contribution >= 0.6 is 11.3 Å². The molecular formula is C11H10N4O2S. The van der Waals surface area contributed by atoms with Gasteiger partial charge in [0, 0.05) is 11.8 Å². The van der Waals surface area contributed by atoms with Crippen molar-refractivity contribution in [3.8, 4) is 11.4 Å². The Morgan fingerprint density at radius 1 is 1.50 bits per heavy atom. The smallest absolute Gasteiger partial charge is 0.246 e. The molecule has 7 heteroatoms. The lowest BCUT2D eigenvalue weighted by Crippen LogP contribution is -2.14. The van der Waals surface area contributed by atoms with Crippen molar-refractivity contribution >= 4 is 21.6 Å². The predicted molar refractivity (Wildman–Crippen MR) is 66.9 cm³/mol. The number of aliphatic hydroxyl groups is 1. The van der Waals surface area contributed by atoms with Crippen molar-refractivity contribution in [1.29, 1.82) is 0 Å². The molecular weight excluding hydrogens is 252 g/mol. The van der Waals surface area contributed by atoms with E-state index < -0.39 is 6.04 Å². The minimum Gasteiger partial charge on any atom is -0.394 e. The maximum atomic E-state index is 8.92. The van der Waals surface area contributed by atoms with Crippen molar-refractivity contribution < 1.29 is 9.63 Å². The number of rotatable bonds is 3. The fraction of sp³-hybridized carbons (Fsp3) is 0.182. The Morgan fingerprint density at radius 3 is 3.22 bits per heavy atom. The SMILES string of the molecule is N[C@H](CO)c1nc(-c2cnc3ccsc3c2)no1. The molecule has 3 N–H and O–H groups in total. The number of hydrogen-bond donors (Lipinski definition) is 2. The van der Waals surface area contributed by atoms with E-state index in [4.69, 9.17) is 15.4 Å². The zero-order chi connectivity index (χ0) is 12.5. The number of pyridine rings is 1. The average Bonchev–Trinajstić information content (AvgIpc) is 3.05. The highest BCUT2D eigenvalue weighted by atomic mass is 32.1. The van der Waals surface area contributed by atoms with Crippen LogP contribution in [0.2, 0.25) is 0 Å². The molecule has 0 unspecified atom stereocenters. The van der Waals surface area contributed by atoms with Gasteiger partial charge in [-0.15, -0.1) is 11.3 Å². The van der Waals surface area contributed by atoms with E-state index in [1.54, 1.807) is 17.5 Å². The summed E-state index contributed by atoms with van der Waals surface area (Å²) in [6.45, 7) is -0.232. The summed E-state index contributed by atoms with van der Waals surface area (Å²) in [5, 5.41) is 14.7. The zero-order valence-electron chi connectivity index (χ0n) is 9.28. The highest BCUT2D eigenvalue weighted by Gasteiger charge is 2.15. The lowest BCUT2D eigenvalue weighted by atomic mass is 10.2. The van der Waals surface area contributed by atoms with Crippen LogP contribution < -0.4 is 5.73 Å². The van der Waals surface area contributed by atoms with E-state index in [9.17, 15) is 0 Å². The molecule has 3 heterocycles. The van der Waals surface area contributed by atoms with Gasteiger partial charge in [-0.1, -0.05) is 5.16 Å². The molecule has 92 valence electrons. The van der Waals surface area contributed by atoms with Crippen LogP contribution in [-0.4, -0.2) is 26.8 Å². The molecule has 0 aliphatic carbocycles. The molecule has 0 saturated heterocycles. The quantitative estimate of drug-likeness (QED) is 0.739. The van der Waals surface area contributed by atoms with E-state index in [1.165, 1.54) is 0 Å². The Morgan fingerprint density at radius 2 is 2.39 bits per heavy atom. The largest absolute Gasteiger partial charge is 0.394 e. The Bertz CT molecular complexity index is 678. The molecule has 0 radical (unpaired) electrons. The number of thiophene rings is 1. The first-order valence-corrected chi connectivity index (χ1v) is 6.19. The molecule has 3 aromatic rings. The lowest BCUT2D eigenvalue weighted by Gasteiger charge is -1.98. The van der Waals surface area contributed by atoms with Crippen LogP contribution in [0.25, 0.3) is 21.6 Å². The van der Waals surface area contributed by atoms with Gasteiger partial charge in [0.25, 0.3) is 0 Å². The van der Waals surface area contributed by atoms with Crippen molar-refractivity contribution in [3.05, 3.63) is 29.6 Å². The molecule has 0 aliphatic rings. The third-order valence-electron chi connectivity index (χ3n) is 2.52. The Hall–Kier alpha value is -1.83. The van der Waals surface area contributed by atoms with Gasteiger partial charge in [0.15, 0.2) is 0 Å². The standard InChI is InChI=1S/C11H10N4O2S/c12-7(5-16)11-14-10(15-17-11)6-3-9-8(13-4-6)1-2-18-9/h1-4,7,16H,5,12H2/t7-/m1/s1.